The van der Waals surface area contributed by atoms with Crippen LogP contribution in [0.5, 0.6) is 5.75 Å². The van der Waals surface area contributed by atoms with Crippen LogP contribution >= 0.6 is 27.5 Å². The van der Waals surface area contributed by atoms with Gasteiger partial charge in [-0.2, -0.15) is 0 Å². The molecule has 3 unspecified atom stereocenters. The van der Waals surface area contributed by atoms with Gasteiger partial charge in [0, 0.05) is 13.0 Å². The Kier molecular flexibility index (Phi) is 4.71. The number of halogens is 2. The zero-order valence-electron chi connectivity index (χ0n) is 9.74. The molecule has 0 aliphatic heterocycles. The Morgan fingerprint density at radius 3 is 2.82 bits per heavy atom. The summed E-state index contributed by atoms with van der Waals surface area (Å²) in [5.41, 5.74) is 0. The van der Waals surface area contributed by atoms with E-state index in [1.165, 1.54) is 0 Å². The molecule has 0 spiro atoms. The van der Waals surface area contributed by atoms with Gasteiger partial charge in [0.15, 0.2) is 0 Å². The van der Waals surface area contributed by atoms with Crippen LogP contribution in [0.4, 0.5) is 0 Å². The van der Waals surface area contributed by atoms with Crippen LogP contribution in [0.25, 0.3) is 0 Å². The van der Waals surface area contributed by atoms with E-state index in [0.29, 0.717) is 0 Å². The third-order valence-corrected chi connectivity index (χ3v) is 3.89. The molecule has 17 heavy (non-hydrogen) atoms. The minimum Gasteiger partial charge on any atom is -0.486 e. The van der Waals surface area contributed by atoms with E-state index in [-0.39, 0.29) is 17.6 Å². The molecule has 3 atom stereocenters. The minimum absolute atomic E-state index is 0.0173. The first-order chi connectivity index (χ1) is 8.22. The summed E-state index contributed by atoms with van der Waals surface area (Å²) in [6.07, 6.45) is 1.94. The molecule has 2 nitrogen and oxygen atoms in total. The average molecular weight is 320 g/mol. The molecule has 0 aromatic heterocycles. The Balaban J connectivity index is 1.93. The monoisotopic (exact) mass is 318 g/mol. The summed E-state index contributed by atoms with van der Waals surface area (Å²) in [6.45, 7) is 2.83. The average Bonchev–Trinajstić information content (AvgIpc) is 2.31. The molecule has 0 N–H and O–H groups in total. The second kappa shape index (κ2) is 6.07. The highest BCUT2D eigenvalue weighted by Crippen LogP contribution is 2.35. The van der Waals surface area contributed by atoms with E-state index in [9.17, 15) is 0 Å². The number of benzene rings is 1. The van der Waals surface area contributed by atoms with Gasteiger partial charge < -0.3 is 9.47 Å². The van der Waals surface area contributed by atoms with Crippen LogP contribution in [0.15, 0.2) is 28.7 Å². The molecule has 1 saturated carbocycles. The fourth-order valence-corrected chi connectivity index (χ4v) is 2.60. The summed E-state index contributed by atoms with van der Waals surface area (Å²) in [5, 5.41) is 0.0778. The summed E-state index contributed by atoms with van der Waals surface area (Å²) in [7, 11) is 0. The van der Waals surface area contributed by atoms with Crippen molar-refractivity contribution >= 4 is 27.5 Å². The molecule has 0 heterocycles. The summed E-state index contributed by atoms with van der Waals surface area (Å²) in [5.74, 6) is 0.853. The van der Waals surface area contributed by atoms with Gasteiger partial charge in [0.2, 0.25) is 0 Å². The number of rotatable bonds is 5. The van der Waals surface area contributed by atoms with Crippen molar-refractivity contribution in [3.8, 4) is 5.75 Å². The van der Waals surface area contributed by atoms with Crippen LogP contribution in [-0.2, 0) is 4.74 Å². The first kappa shape index (κ1) is 13.2. The van der Waals surface area contributed by atoms with Crippen molar-refractivity contribution in [3.63, 3.8) is 0 Å². The van der Waals surface area contributed by atoms with Gasteiger partial charge in [-0.3, -0.25) is 0 Å². The van der Waals surface area contributed by atoms with Gasteiger partial charge in [0.25, 0.3) is 0 Å². The van der Waals surface area contributed by atoms with Crippen LogP contribution in [0.3, 0.4) is 0 Å². The van der Waals surface area contributed by atoms with E-state index in [4.69, 9.17) is 21.1 Å². The van der Waals surface area contributed by atoms with Gasteiger partial charge in [-0.1, -0.05) is 19.1 Å². The van der Waals surface area contributed by atoms with Gasteiger partial charge in [-0.15, -0.1) is 11.6 Å². The molecule has 1 fully saturated rings. The SMILES string of the molecule is CCCOC1C(Cl)CC1Oc1ccccc1Br. The maximum Gasteiger partial charge on any atom is 0.134 e. The Bertz CT molecular complexity index is 372. The quantitative estimate of drug-likeness (QED) is 0.764. The molecule has 0 saturated heterocycles. The standard InChI is InChI=1S/C13H16BrClO2/c1-2-7-16-13-10(15)8-12(13)17-11-6-4-3-5-9(11)14/h3-6,10,12-13H,2,7-8H2,1H3. The van der Waals surface area contributed by atoms with Gasteiger partial charge in [0.05, 0.1) is 9.85 Å². The van der Waals surface area contributed by atoms with E-state index >= 15 is 0 Å². The molecule has 2 rings (SSSR count). The van der Waals surface area contributed by atoms with E-state index in [1.54, 1.807) is 0 Å². The molecule has 1 aromatic carbocycles. The lowest BCUT2D eigenvalue weighted by atomic mass is 9.91. The van der Waals surface area contributed by atoms with Crippen molar-refractivity contribution in [1.29, 1.82) is 0 Å². The van der Waals surface area contributed by atoms with Crippen LogP contribution in [0.1, 0.15) is 19.8 Å². The van der Waals surface area contributed by atoms with Crippen molar-refractivity contribution in [2.45, 2.75) is 37.4 Å². The number of para-hydroxylation sites is 1. The smallest absolute Gasteiger partial charge is 0.134 e. The Morgan fingerprint density at radius 2 is 2.18 bits per heavy atom. The molecule has 1 aromatic rings. The summed E-state index contributed by atoms with van der Waals surface area (Å²) in [4.78, 5) is 0. The number of ether oxygens (including phenoxy) is 2. The van der Waals surface area contributed by atoms with Crippen LogP contribution in [0.2, 0.25) is 0 Å². The molecule has 0 amide bonds. The van der Waals surface area contributed by atoms with E-state index in [2.05, 4.69) is 22.9 Å². The predicted octanol–water partition coefficient (Wildman–Crippen LogP) is 4.00. The first-order valence-electron chi connectivity index (χ1n) is 5.89. The van der Waals surface area contributed by atoms with Crippen molar-refractivity contribution < 1.29 is 9.47 Å². The zero-order chi connectivity index (χ0) is 12.3. The third kappa shape index (κ3) is 3.15. The maximum atomic E-state index is 6.13. The normalized spacial score (nSPS) is 27.6. The van der Waals surface area contributed by atoms with E-state index in [1.807, 2.05) is 24.3 Å². The topological polar surface area (TPSA) is 18.5 Å². The molecule has 0 bridgehead atoms. The minimum atomic E-state index is 0.0173. The lowest BCUT2D eigenvalue weighted by Gasteiger charge is -2.40. The molecule has 1 aliphatic rings. The Hall–Kier alpha value is -0.250. The Labute approximate surface area is 115 Å². The lowest BCUT2D eigenvalue weighted by Crippen LogP contribution is -2.52. The van der Waals surface area contributed by atoms with Crippen molar-refractivity contribution in [1.82, 2.24) is 0 Å². The second-order valence-electron chi connectivity index (χ2n) is 4.17. The second-order valence-corrected chi connectivity index (χ2v) is 5.59. The van der Waals surface area contributed by atoms with Crippen LogP contribution in [-0.4, -0.2) is 24.2 Å². The fraction of sp³-hybridized carbons (Fsp3) is 0.538. The van der Waals surface area contributed by atoms with Gasteiger partial charge >= 0.3 is 0 Å². The van der Waals surface area contributed by atoms with E-state index in [0.717, 1.165) is 29.7 Å². The van der Waals surface area contributed by atoms with Gasteiger partial charge in [-0.25, -0.2) is 0 Å². The summed E-state index contributed by atoms with van der Waals surface area (Å²) in [6, 6.07) is 7.84. The number of hydrogen-bond acceptors (Lipinski definition) is 2. The molecule has 0 radical (unpaired) electrons. The highest BCUT2D eigenvalue weighted by Gasteiger charge is 2.42. The number of alkyl halides is 1. The largest absolute Gasteiger partial charge is 0.486 e. The van der Waals surface area contributed by atoms with Crippen LogP contribution < -0.4 is 4.74 Å². The third-order valence-electron chi connectivity index (χ3n) is 2.81. The molecular formula is C13H16BrClO2. The predicted molar refractivity (Wildman–Crippen MR) is 72.8 cm³/mol. The van der Waals surface area contributed by atoms with Gasteiger partial charge in [0.1, 0.15) is 18.0 Å². The first-order valence-corrected chi connectivity index (χ1v) is 7.12. The lowest BCUT2D eigenvalue weighted by molar-refractivity contribution is -0.0800. The van der Waals surface area contributed by atoms with Crippen molar-refractivity contribution in [2.75, 3.05) is 6.61 Å². The highest BCUT2D eigenvalue weighted by molar-refractivity contribution is 9.10. The number of hydrogen-bond donors (Lipinski definition) is 0. The fourth-order valence-electron chi connectivity index (χ4n) is 1.81. The van der Waals surface area contributed by atoms with Gasteiger partial charge in [-0.05, 0) is 34.5 Å². The molecule has 1 aliphatic carbocycles. The van der Waals surface area contributed by atoms with Crippen molar-refractivity contribution in [2.24, 2.45) is 0 Å². The highest BCUT2D eigenvalue weighted by atomic mass is 79.9. The molecule has 94 valence electrons. The van der Waals surface area contributed by atoms with Crippen molar-refractivity contribution in [3.05, 3.63) is 28.7 Å². The Morgan fingerprint density at radius 1 is 1.41 bits per heavy atom. The summed E-state index contributed by atoms with van der Waals surface area (Å²) < 4.78 is 12.6. The van der Waals surface area contributed by atoms with E-state index < -0.39 is 0 Å². The maximum absolute atomic E-state index is 6.13. The molecule has 4 heteroatoms. The zero-order valence-corrected chi connectivity index (χ0v) is 12.1. The van der Waals surface area contributed by atoms with Crippen LogP contribution in [0, 0.1) is 0 Å². The molecular weight excluding hydrogens is 303 g/mol. The summed E-state index contributed by atoms with van der Waals surface area (Å²) >= 11 is 9.60.